The monoisotopic (exact) mass is 485 g/mol. The molecule has 0 spiro atoms. The molecule has 0 fully saturated rings. The van der Waals surface area contributed by atoms with Crippen LogP contribution in [0.15, 0.2) is 69.8 Å². The molecule has 2 heterocycles. The SMILES string of the molecule is CCOC(=O)C1=C(c2ccccc2)Nc2c(c(=O)n(C)c(=O)n2C)[C@@H]1c1ccc(C(F)(F)F)cc1. The molecule has 182 valence electrons. The molecule has 3 aromatic rings. The van der Waals surface area contributed by atoms with Gasteiger partial charge in [-0.2, -0.15) is 13.2 Å². The van der Waals surface area contributed by atoms with Crippen LogP contribution in [0.1, 0.15) is 35.1 Å². The number of aromatic nitrogens is 2. The first-order valence-corrected chi connectivity index (χ1v) is 10.8. The number of nitrogens with one attached hydrogen (secondary N) is 1. The van der Waals surface area contributed by atoms with Crippen molar-refractivity contribution in [2.24, 2.45) is 14.1 Å². The Morgan fingerprint density at radius 3 is 2.20 bits per heavy atom. The Balaban J connectivity index is 2.09. The summed E-state index contributed by atoms with van der Waals surface area (Å²) in [5.41, 5.74) is -0.885. The van der Waals surface area contributed by atoms with E-state index in [0.717, 1.165) is 16.7 Å². The van der Waals surface area contributed by atoms with E-state index in [2.05, 4.69) is 5.32 Å². The maximum absolute atomic E-state index is 13.3. The van der Waals surface area contributed by atoms with E-state index in [1.54, 1.807) is 37.3 Å². The highest BCUT2D eigenvalue weighted by Crippen LogP contribution is 2.43. The standard InChI is InChI=1S/C25H22F3N3O4/c1-4-35-23(33)18-17(14-10-12-16(13-11-14)25(26,27)28)19-21(30(2)24(34)31(3)22(19)32)29-20(18)15-8-6-5-7-9-15/h5-13,17,29H,4H2,1-3H3/t17-/m1/s1. The minimum absolute atomic E-state index is 0.0439. The summed E-state index contributed by atoms with van der Waals surface area (Å²) in [6.45, 7) is 1.67. The fraction of sp³-hybridized carbons (Fsp3) is 0.240. The number of nitrogens with zero attached hydrogens (tertiary/aromatic N) is 2. The maximum atomic E-state index is 13.3. The molecule has 1 N–H and O–H groups in total. The second-order valence-electron chi connectivity index (χ2n) is 8.02. The van der Waals surface area contributed by atoms with Crippen LogP contribution in [0.4, 0.5) is 19.0 Å². The molecule has 4 rings (SSSR count). The highest BCUT2D eigenvalue weighted by molar-refractivity contribution is 6.04. The molecule has 1 aromatic heterocycles. The number of ether oxygens (including phenoxy) is 1. The minimum Gasteiger partial charge on any atom is -0.463 e. The summed E-state index contributed by atoms with van der Waals surface area (Å²) < 4.78 is 47.1. The van der Waals surface area contributed by atoms with Gasteiger partial charge in [0.1, 0.15) is 5.82 Å². The van der Waals surface area contributed by atoms with Gasteiger partial charge in [-0.3, -0.25) is 13.9 Å². The Hall–Kier alpha value is -4.08. The minimum atomic E-state index is -4.56. The van der Waals surface area contributed by atoms with Crippen molar-refractivity contribution in [2.45, 2.75) is 19.0 Å². The molecular formula is C25H22F3N3O4. The molecule has 0 aliphatic carbocycles. The molecule has 35 heavy (non-hydrogen) atoms. The molecule has 1 atom stereocenters. The molecule has 1 aliphatic heterocycles. The Morgan fingerprint density at radius 2 is 1.63 bits per heavy atom. The van der Waals surface area contributed by atoms with E-state index in [1.165, 1.54) is 30.8 Å². The summed E-state index contributed by atoms with van der Waals surface area (Å²) >= 11 is 0. The van der Waals surface area contributed by atoms with Gasteiger partial charge in [-0.25, -0.2) is 9.59 Å². The molecule has 0 saturated carbocycles. The van der Waals surface area contributed by atoms with Crippen molar-refractivity contribution in [2.75, 3.05) is 11.9 Å². The number of carbonyl (C=O) groups is 1. The fourth-order valence-electron chi connectivity index (χ4n) is 4.22. The first-order chi connectivity index (χ1) is 16.6. The van der Waals surface area contributed by atoms with Crippen LogP contribution in [-0.4, -0.2) is 21.7 Å². The molecular weight excluding hydrogens is 463 g/mol. The highest BCUT2D eigenvalue weighted by Gasteiger charge is 2.39. The first-order valence-electron chi connectivity index (χ1n) is 10.8. The number of fused-ring (bicyclic) bond motifs is 1. The van der Waals surface area contributed by atoms with Crippen LogP contribution in [0.5, 0.6) is 0 Å². The third kappa shape index (κ3) is 4.16. The largest absolute Gasteiger partial charge is 0.463 e. The third-order valence-electron chi connectivity index (χ3n) is 5.92. The fourth-order valence-corrected chi connectivity index (χ4v) is 4.22. The van der Waals surface area contributed by atoms with Crippen LogP contribution in [0, 0.1) is 0 Å². The van der Waals surface area contributed by atoms with E-state index < -0.39 is 34.9 Å². The average molecular weight is 485 g/mol. The van der Waals surface area contributed by atoms with Crippen molar-refractivity contribution < 1.29 is 22.7 Å². The number of benzene rings is 2. The first kappa shape index (κ1) is 24.1. The van der Waals surface area contributed by atoms with Gasteiger partial charge in [0.15, 0.2) is 0 Å². The van der Waals surface area contributed by atoms with Crippen LogP contribution in [-0.2, 0) is 29.8 Å². The smallest absolute Gasteiger partial charge is 0.416 e. The summed E-state index contributed by atoms with van der Waals surface area (Å²) in [7, 11) is 2.77. The van der Waals surface area contributed by atoms with Crippen LogP contribution >= 0.6 is 0 Å². The second kappa shape index (κ2) is 8.94. The molecule has 10 heteroatoms. The van der Waals surface area contributed by atoms with Gasteiger partial charge in [0.2, 0.25) is 0 Å². The van der Waals surface area contributed by atoms with Crippen molar-refractivity contribution in [3.8, 4) is 0 Å². The Labute approximate surface area is 198 Å². The zero-order chi connectivity index (χ0) is 25.5. The number of anilines is 1. The van der Waals surface area contributed by atoms with E-state index in [0.29, 0.717) is 11.3 Å². The number of hydrogen-bond donors (Lipinski definition) is 1. The van der Waals surface area contributed by atoms with Crippen molar-refractivity contribution in [1.82, 2.24) is 9.13 Å². The number of alkyl halides is 3. The highest BCUT2D eigenvalue weighted by atomic mass is 19.4. The van der Waals surface area contributed by atoms with E-state index in [1.807, 2.05) is 0 Å². The van der Waals surface area contributed by atoms with Crippen molar-refractivity contribution in [1.29, 1.82) is 0 Å². The van der Waals surface area contributed by atoms with Crippen LogP contribution < -0.4 is 16.6 Å². The van der Waals surface area contributed by atoms with Gasteiger partial charge in [0.05, 0.1) is 34.9 Å². The molecule has 7 nitrogen and oxygen atoms in total. The molecule has 1 aliphatic rings. The number of carbonyl (C=O) groups excluding carboxylic acids is 1. The number of rotatable bonds is 4. The lowest BCUT2D eigenvalue weighted by molar-refractivity contribution is -0.139. The van der Waals surface area contributed by atoms with Crippen LogP contribution in [0.25, 0.3) is 5.70 Å². The summed E-state index contributed by atoms with van der Waals surface area (Å²) in [5.74, 6) is -1.67. The van der Waals surface area contributed by atoms with Crippen molar-refractivity contribution in [3.05, 3.63) is 103 Å². The molecule has 0 amide bonds. The van der Waals surface area contributed by atoms with Gasteiger partial charge >= 0.3 is 17.8 Å². The van der Waals surface area contributed by atoms with Crippen LogP contribution in [0.2, 0.25) is 0 Å². The lowest BCUT2D eigenvalue weighted by Gasteiger charge is -2.32. The Kier molecular flexibility index (Phi) is 6.14. The summed E-state index contributed by atoms with van der Waals surface area (Å²) in [6.07, 6.45) is -4.56. The van der Waals surface area contributed by atoms with Gasteiger partial charge in [-0.15, -0.1) is 0 Å². The zero-order valence-corrected chi connectivity index (χ0v) is 19.1. The molecule has 0 unspecified atom stereocenters. The van der Waals surface area contributed by atoms with Gasteiger partial charge < -0.3 is 10.1 Å². The quantitative estimate of drug-likeness (QED) is 0.571. The topological polar surface area (TPSA) is 82.3 Å². The molecule has 2 aromatic carbocycles. The molecule has 0 radical (unpaired) electrons. The Bertz CT molecular complexity index is 1440. The molecule has 0 bridgehead atoms. The average Bonchev–Trinajstić information content (AvgIpc) is 2.85. The van der Waals surface area contributed by atoms with Crippen molar-refractivity contribution >= 4 is 17.5 Å². The van der Waals surface area contributed by atoms with Gasteiger partial charge in [0.25, 0.3) is 5.56 Å². The second-order valence-corrected chi connectivity index (χ2v) is 8.02. The van der Waals surface area contributed by atoms with E-state index in [9.17, 15) is 27.6 Å². The summed E-state index contributed by atoms with van der Waals surface area (Å²) in [4.78, 5) is 39.3. The van der Waals surface area contributed by atoms with Crippen molar-refractivity contribution in [3.63, 3.8) is 0 Å². The van der Waals surface area contributed by atoms with Gasteiger partial charge in [0, 0.05) is 14.1 Å². The Morgan fingerprint density at radius 1 is 1.00 bits per heavy atom. The number of esters is 1. The molecule has 0 saturated heterocycles. The van der Waals surface area contributed by atoms with E-state index >= 15 is 0 Å². The lowest BCUT2D eigenvalue weighted by Crippen LogP contribution is -2.43. The lowest BCUT2D eigenvalue weighted by atomic mass is 9.80. The maximum Gasteiger partial charge on any atom is 0.416 e. The van der Waals surface area contributed by atoms with Gasteiger partial charge in [-0.05, 0) is 30.2 Å². The predicted molar refractivity (Wildman–Crippen MR) is 124 cm³/mol. The summed E-state index contributed by atoms with van der Waals surface area (Å²) in [6, 6.07) is 13.0. The third-order valence-corrected chi connectivity index (χ3v) is 5.92. The van der Waals surface area contributed by atoms with E-state index in [-0.39, 0.29) is 29.1 Å². The zero-order valence-electron chi connectivity index (χ0n) is 19.1. The normalized spacial score (nSPS) is 15.4. The number of hydrogen-bond acceptors (Lipinski definition) is 5. The van der Waals surface area contributed by atoms with Gasteiger partial charge in [-0.1, -0.05) is 42.5 Å². The summed E-state index contributed by atoms with van der Waals surface area (Å²) in [5, 5.41) is 3.06. The van der Waals surface area contributed by atoms with E-state index in [4.69, 9.17) is 4.74 Å². The number of halogens is 3. The van der Waals surface area contributed by atoms with Crippen LogP contribution in [0.3, 0.4) is 0 Å². The predicted octanol–water partition coefficient (Wildman–Crippen LogP) is 3.63.